The van der Waals surface area contributed by atoms with Gasteiger partial charge in [-0.15, -0.1) is 0 Å². The van der Waals surface area contributed by atoms with Crippen LogP contribution in [0.4, 0.5) is 0 Å². The van der Waals surface area contributed by atoms with Crippen LogP contribution in [-0.2, 0) is 14.3 Å². The number of nitrogens with zero attached hydrogens (tertiary/aromatic N) is 1. The molecule has 0 unspecified atom stereocenters. The lowest BCUT2D eigenvalue weighted by Gasteiger charge is -2.25. The molecular formula is C21H22N2O3. The Labute approximate surface area is 153 Å². The van der Waals surface area contributed by atoms with Crippen molar-refractivity contribution in [3.8, 4) is 6.07 Å². The van der Waals surface area contributed by atoms with Gasteiger partial charge in [0.05, 0.1) is 19.1 Å². The average Bonchev–Trinajstić information content (AvgIpc) is 2.67. The molecule has 134 valence electrons. The van der Waals surface area contributed by atoms with E-state index in [2.05, 4.69) is 5.32 Å². The zero-order chi connectivity index (χ0) is 18.9. The van der Waals surface area contributed by atoms with Gasteiger partial charge in [0.25, 0.3) is 0 Å². The Bertz CT molecular complexity index is 729. The quantitative estimate of drug-likeness (QED) is 0.779. The number of nitrogens with one attached hydrogen (secondary N) is 1. The summed E-state index contributed by atoms with van der Waals surface area (Å²) in [6, 6.07) is 19.9. The van der Waals surface area contributed by atoms with E-state index >= 15 is 0 Å². The van der Waals surface area contributed by atoms with Crippen LogP contribution in [0.1, 0.15) is 30.4 Å². The van der Waals surface area contributed by atoms with Gasteiger partial charge in [-0.2, -0.15) is 5.26 Å². The van der Waals surface area contributed by atoms with Crippen molar-refractivity contribution in [1.82, 2.24) is 5.32 Å². The fourth-order valence-corrected chi connectivity index (χ4v) is 2.85. The monoisotopic (exact) mass is 350 g/mol. The van der Waals surface area contributed by atoms with Gasteiger partial charge in [0.1, 0.15) is 6.04 Å². The highest BCUT2D eigenvalue weighted by molar-refractivity contribution is 5.91. The summed E-state index contributed by atoms with van der Waals surface area (Å²) in [7, 11) is 1.27. The molecule has 5 heteroatoms. The Morgan fingerprint density at radius 1 is 1.04 bits per heavy atom. The van der Waals surface area contributed by atoms with Crippen molar-refractivity contribution in [3.05, 3.63) is 71.8 Å². The highest BCUT2D eigenvalue weighted by Gasteiger charge is 2.31. The van der Waals surface area contributed by atoms with Gasteiger partial charge in [-0.05, 0) is 11.1 Å². The van der Waals surface area contributed by atoms with Gasteiger partial charge in [-0.25, -0.2) is 4.79 Å². The zero-order valence-corrected chi connectivity index (χ0v) is 14.9. The van der Waals surface area contributed by atoms with E-state index in [1.165, 1.54) is 7.11 Å². The fraction of sp³-hybridized carbons (Fsp3) is 0.286. The fourth-order valence-electron chi connectivity index (χ4n) is 2.85. The van der Waals surface area contributed by atoms with Gasteiger partial charge in [0.2, 0.25) is 5.91 Å². The van der Waals surface area contributed by atoms with Crippen molar-refractivity contribution in [1.29, 1.82) is 5.26 Å². The molecule has 2 aromatic rings. The van der Waals surface area contributed by atoms with E-state index in [1.807, 2.05) is 66.7 Å². The van der Waals surface area contributed by atoms with Crippen molar-refractivity contribution in [2.75, 3.05) is 7.11 Å². The van der Waals surface area contributed by atoms with Gasteiger partial charge >= 0.3 is 5.97 Å². The number of ether oxygens (including phenoxy) is 1. The molecule has 0 saturated heterocycles. The molecule has 1 N–H and O–H groups in total. The van der Waals surface area contributed by atoms with Crippen LogP contribution in [0, 0.1) is 17.2 Å². The third-order valence-corrected chi connectivity index (χ3v) is 4.26. The van der Waals surface area contributed by atoms with Crippen LogP contribution in [0.3, 0.4) is 0 Å². The maximum absolute atomic E-state index is 13.1. The van der Waals surface area contributed by atoms with Crippen LogP contribution in [0.5, 0.6) is 0 Å². The summed E-state index contributed by atoms with van der Waals surface area (Å²) in [6.45, 7) is 1.74. The molecule has 0 radical (unpaired) electrons. The number of carbonyl (C=O) groups excluding carboxylic acids is 2. The number of benzene rings is 2. The average molecular weight is 350 g/mol. The van der Waals surface area contributed by atoms with Crippen molar-refractivity contribution < 1.29 is 14.3 Å². The van der Waals surface area contributed by atoms with Crippen molar-refractivity contribution >= 4 is 11.9 Å². The van der Waals surface area contributed by atoms with Crippen LogP contribution in [-0.4, -0.2) is 25.0 Å². The van der Waals surface area contributed by atoms with E-state index in [0.717, 1.165) is 11.1 Å². The molecule has 0 heterocycles. The first-order chi connectivity index (χ1) is 12.6. The summed E-state index contributed by atoms with van der Waals surface area (Å²) in [4.78, 5) is 25.2. The van der Waals surface area contributed by atoms with Crippen molar-refractivity contribution in [2.24, 2.45) is 5.92 Å². The molecule has 0 aliphatic carbocycles. The minimum atomic E-state index is -0.873. The summed E-state index contributed by atoms with van der Waals surface area (Å²) in [5.74, 6) is -1.77. The molecular weight excluding hydrogens is 328 g/mol. The summed E-state index contributed by atoms with van der Waals surface area (Å²) in [5, 5.41) is 11.7. The van der Waals surface area contributed by atoms with Crippen LogP contribution in [0.25, 0.3) is 0 Å². The Balaban J connectivity index is 2.34. The standard InChI is InChI=1S/C21H22N2O3/c1-15(13-14-22)19(21(25)26-2)23-20(24)18(16-9-5-3-6-10-16)17-11-7-4-8-12-17/h3-12,15,18-19H,13H2,1-2H3,(H,23,24)/t15-,19-/m0/s1. The van der Waals surface area contributed by atoms with Gasteiger partial charge in [0.15, 0.2) is 0 Å². The first-order valence-corrected chi connectivity index (χ1v) is 8.43. The molecule has 0 bridgehead atoms. The third-order valence-electron chi connectivity index (χ3n) is 4.26. The van der Waals surface area contributed by atoms with Gasteiger partial charge in [-0.1, -0.05) is 67.6 Å². The highest BCUT2D eigenvalue weighted by Crippen LogP contribution is 2.25. The maximum Gasteiger partial charge on any atom is 0.328 e. The smallest absolute Gasteiger partial charge is 0.328 e. The second kappa shape index (κ2) is 9.38. The van der Waals surface area contributed by atoms with Crippen LogP contribution in [0.2, 0.25) is 0 Å². The molecule has 2 atom stereocenters. The van der Waals surface area contributed by atoms with Crippen LogP contribution in [0.15, 0.2) is 60.7 Å². The maximum atomic E-state index is 13.1. The largest absolute Gasteiger partial charge is 0.467 e. The van der Waals surface area contributed by atoms with Crippen molar-refractivity contribution in [2.45, 2.75) is 25.3 Å². The Morgan fingerprint density at radius 2 is 1.54 bits per heavy atom. The van der Waals surface area contributed by atoms with E-state index in [0.29, 0.717) is 0 Å². The van der Waals surface area contributed by atoms with Gasteiger partial charge in [-0.3, -0.25) is 4.79 Å². The molecule has 0 aliphatic heterocycles. The van der Waals surface area contributed by atoms with E-state index in [-0.39, 0.29) is 18.2 Å². The Hall–Kier alpha value is -3.13. The molecule has 0 spiro atoms. The van der Waals surface area contributed by atoms with Gasteiger partial charge < -0.3 is 10.1 Å². The number of methoxy groups -OCH3 is 1. The zero-order valence-electron chi connectivity index (χ0n) is 14.9. The molecule has 0 saturated carbocycles. The molecule has 0 fully saturated rings. The number of esters is 1. The van der Waals surface area contributed by atoms with Crippen molar-refractivity contribution in [3.63, 3.8) is 0 Å². The second-order valence-corrected chi connectivity index (χ2v) is 6.10. The Kier molecular flexibility index (Phi) is 6.92. The Morgan fingerprint density at radius 3 is 1.96 bits per heavy atom. The molecule has 0 aromatic heterocycles. The molecule has 5 nitrogen and oxygen atoms in total. The van der Waals surface area contributed by atoms with E-state index < -0.39 is 17.9 Å². The second-order valence-electron chi connectivity index (χ2n) is 6.10. The van der Waals surface area contributed by atoms with Crippen LogP contribution >= 0.6 is 0 Å². The SMILES string of the molecule is COC(=O)[C@@H](NC(=O)C(c1ccccc1)c1ccccc1)[C@@H](C)CC#N. The molecule has 26 heavy (non-hydrogen) atoms. The molecule has 0 aliphatic rings. The summed E-state index contributed by atoms with van der Waals surface area (Å²) < 4.78 is 4.81. The van der Waals surface area contributed by atoms with Crippen LogP contribution < -0.4 is 5.32 Å². The minimum Gasteiger partial charge on any atom is -0.467 e. The molecule has 1 amide bonds. The number of carbonyl (C=O) groups is 2. The first-order valence-electron chi connectivity index (χ1n) is 8.43. The summed E-state index contributed by atoms with van der Waals surface area (Å²) >= 11 is 0. The summed E-state index contributed by atoms with van der Waals surface area (Å²) in [5.41, 5.74) is 1.65. The number of hydrogen-bond donors (Lipinski definition) is 1. The normalized spacial score (nSPS) is 12.7. The lowest BCUT2D eigenvalue weighted by atomic mass is 9.89. The molecule has 2 aromatic carbocycles. The third kappa shape index (κ3) is 4.70. The van der Waals surface area contributed by atoms with E-state index in [9.17, 15) is 9.59 Å². The predicted molar refractivity (Wildman–Crippen MR) is 98.1 cm³/mol. The first kappa shape index (κ1) is 19.2. The number of amides is 1. The number of hydrogen-bond acceptors (Lipinski definition) is 4. The number of nitriles is 1. The number of rotatable bonds is 7. The van der Waals surface area contributed by atoms with E-state index in [1.54, 1.807) is 6.92 Å². The van der Waals surface area contributed by atoms with Gasteiger partial charge in [0, 0.05) is 12.3 Å². The molecule has 2 rings (SSSR count). The summed E-state index contributed by atoms with van der Waals surface area (Å²) in [6.07, 6.45) is 0.140. The lowest BCUT2D eigenvalue weighted by molar-refractivity contribution is -0.146. The van der Waals surface area contributed by atoms with E-state index in [4.69, 9.17) is 10.00 Å². The minimum absolute atomic E-state index is 0.140. The highest BCUT2D eigenvalue weighted by atomic mass is 16.5. The lowest BCUT2D eigenvalue weighted by Crippen LogP contribution is -2.47. The topological polar surface area (TPSA) is 79.2 Å². The predicted octanol–water partition coefficient (Wildman–Crippen LogP) is 3.03.